The Morgan fingerprint density at radius 2 is 1.50 bits per heavy atom. The molecule has 7 nitrogen and oxygen atoms in total. The van der Waals surface area contributed by atoms with Crippen LogP contribution in [0.4, 0.5) is 10.8 Å². The van der Waals surface area contributed by atoms with E-state index in [0.717, 1.165) is 32.2 Å². The summed E-state index contributed by atoms with van der Waals surface area (Å²) in [5, 5.41) is 9.28. The van der Waals surface area contributed by atoms with Gasteiger partial charge in [0.25, 0.3) is 11.8 Å². The number of halogens is 2. The number of benzene rings is 5. The molecule has 52 heavy (non-hydrogen) atoms. The molecule has 0 aliphatic rings. The molecule has 1 aromatic heterocycles. The highest BCUT2D eigenvalue weighted by molar-refractivity contribution is 8.00. The summed E-state index contributed by atoms with van der Waals surface area (Å²) in [6.07, 6.45) is 1.49. The molecule has 0 spiro atoms. The molecule has 0 aliphatic carbocycles. The van der Waals surface area contributed by atoms with Gasteiger partial charge < -0.3 is 16.0 Å². The zero-order valence-corrected chi connectivity index (χ0v) is 31.2. The standard InChI is InChI=1S/C41H32Cl2N4O3S2/c1-25-16-18-27(19-17-25)36-26(2)51-41(46-36)47-40(50)37(28-10-5-3-6-11-28)52-33-15-9-14-32(24-33)44-39(49)35(22-30-20-21-31(42)23-34(30)43)45-38(48)29-12-7-4-8-13-29/h3-24,37H,1-2H3,(H,44,49)(H,45,48)(H,46,47,50)/b35-22+. The van der Waals surface area contributed by atoms with Gasteiger partial charge in [0.15, 0.2) is 5.13 Å². The first-order valence-corrected chi connectivity index (χ1v) is 18.6. The molecule has 0 radical (unpaired) electrons. The first-order valence-electron chi connectivity index (χ1n) is 16.1. The van der Waals surface area contributed by atoms with E-state index < -0.39 is 17.1 Å². The van der Waals surface area contributed by atoms with Crippen LogP contribution in [0.5, 0.6) is 0 Å². The molecule has 3 amide bonds. The van der Waals surface area contributed by atoms with Crippen LogP contribution in [0, 0.1) is 13.8 Å². The molecule has 1 heterocycles. The van der Waals surface area contributed by atoms with Gasteiger partial charge in [-0.25, -0.2) is 4.98 Å². The van der Waals surface area contributed by atoms with Gasteiger partial charge in [-0.1, -0.05) is 114 Å². The molecule has 1 unspecified atom stereocenters. The Labute approximate surface area is 320 Å². The number of thiazole rings is 1. The number of hydrogen-bond donors (Lipinski definition) is 3. The minimum absolute atomic E-state index is 0.0265. The predicted octanol–water partition coefficient (Wildman–Crippen LogP) is 10.6. The van der Waals surface area contributed by atoms with Crippen molar-refractivity contribution in [3.8, 4) is 11.3 Å². The lowest BCUT2D eigenvalue weighted by Crippen LogP contribution is -2.30. The molecule has 6 rings (SSSR count). The normalized spacial score (nSPS) is 11.8. The number of nitrogens with zero attached hydrogens (tertiary/aromatic N) is 1. The van der Waals surface area contributed by atoms with Gasteiger partial charge in [-0.3, -0.25) is 14.4 Å². The first kappa shape index (κ1) is 36.6. The van der Waals surface area contributed by atoms with E-state index in [9.17, 15) is 14.4 Å². The highest BCUT2D eigenvalue weighted by atomic mass is 35.5. The molecule has 0 aliphatic heterocycles. The summed E-state index contributed by atoms with van der Waals surface area (Å²) in [4.78, 5) is 47.3. The summed E-state index contributed by atoms with van der Waals surface area (Å²) in [7, 11) is 0. The number of nitrogens with one attached hydrogen (secondary N) is 3. The summed E-state index contributed by atoms with van der Waals surface area (Å²) in [5.74, 6) is -1.27. The van der Waals surface area contributed by atoms with Gasteiger partial charge in [-0.05, 0) is 73.5 Å². The maximum Gasteiger partial charge on any atom is 0.272 e. The Kier molecular flexibility index (Phi) is 11.9. The van der Waals surface area contributed by atoms with Crippen LogP contribution in [0.2, 0.25) is 10.0 Å². The van der Waals surface area contributed by atoms with E-state index in [1.807, 2.05) is 74.5 Å². The quantitative estimate of drug-likeness (QED) is 0.0901. The average Bonchev–Trinajstić information content (AvgIpc) is 3.51. The van der Waals surface area contributed by atoms with Gasteiger partial charge >= 0.3 is 0 Å². The molecular weight excluding hydrogens is 732 g/mol. The van der Waals surface area contributed by atoms with Crippen molar-refractivity contribution in [3.63, 3.8) is 0 Å². The zero-order valence-electron chi connectivity index (χ0n) is 28.0. The third kappa shape index (κ3) is 9.37. The number of carbonyl (C=O) groups excluding carboxylic acids is 3. The second-order valence-electron chi connectivity index (χ2n) is 11.7. The van der Waals surface area contributed by atoms with E-state index in [0.29, 0.717) is 32.0 Å². The van der Waals surface area contributed by atoms with E-state index in [-0.39, 0.29) is 11.6 Å². The molecule has 3 N–H and O–H groups in total. The lowest BCUT2D eigenvalue weighted by atomic mass is 10.1. The summed E-state index contributed by atoms with van der Waals surface area (Å²) in [6.45, 7) is 4.03. The smallest absolute Gasteiger partial charge is 0.272 e. The molecule has 5 aromatic carbocycles. The molecule has 6 aromatic rings. The van der Waals surface area contributed by atoms with Crippen molar-refractivity contribution in [2.75, 3.05) is 10.6 Å². The number of amides is 3. The van der Waals surface area contributed by atoms with Crippen molar-refractivity contribution in [1.82, 2.24) is 10.3 Å². The lowest BCUT2D eigenvalue weighted by Gasteiger charge is -2.17. The van der Waals surface area contributed by atoms with E-state index >= 15 is 0 Å². The van der Waals surface area contributed by atoms with Crippen molar-refractivity contribution in [3.05, 3.63) is 170 Å². The van der Waals surface area contributed by atoms with Gasteiger partial charge in [0.1, 0.15) is 10.9 Å². The molecule has 11 heteroatoms. The van der Waals surface area contributed by atoms with E-state index in [1.165, 1.54) is 29.2 Å². The Hall–Kier alpha value is -5.19. The number of hydrogen-bond acceptors (Lipinski definition) is 6. The SMILES string of the molecule is Cc1ccc(-c2nc(NC(=O)C(Sc3cccc(NC(=O)/C(=C\c4ccc(Cl)cc4Cl)NC(=O)c4ccccc4)c3)c3ccccc3)sc2C)cc1. The van der Waals surface area contributed by atoms with Crippen LogP contribution in [0.3, 0.4) is 0 Å². The van der Waals surface area contributed by atoms with Crippen LogP contribution in [-0.4, -0.2) is 22.7 Å². The maximum atomic E-state index is 13.9. The van der Waals surface area contributed by atoms with Crippen molar-refractivity contribution in [2.24, 2.45) is 0 Å². The van der Waals surface area contributed by atoms with Gasteiger partial charge in [0.2, 0.25) is 5.91 Å². The van der Waals surface area contributed by atoms with E-state index in [2.05, 4.69) is 16.0 Å². The molecule has 0 bridgehead atoms. The number of anilines is 2. The van der Waals surface area contributed by atoms with Crippen LogP contribution in [0.25, 0.3) is 17.3 Å². The highest BCUT2D eigenvalue weighted by Gasteiger charge is 2.24. The predicted molar refractivity (Wildman–Crippen MR) is 214 cm³/mol. The maximum absolute atomic E-state index is 13.9. The second kappa shape index (κ2) is 16.9. The third-order valence-corrected chi connectivity index (χ3v) is 10.5. The zero-order chi connectivity index (χ0) is 36.6. The first-order chi connectivity index (χ1) is 25.1. The van der Waals surface area contributed by atoms with Crippen molar-refractivity contribution >= 4 is 80.9 Å². The summed E-state index contributed by atoms with van der Waals surface area (Å²) >= 11 is 15.3. The number of carbonyl (C=O) groups is 3. The van der Waals surface area contributed by atoms with Crippen molar-refractivity contribution in [2.45, 2.75) is 24.0 Å². The molecule has 0 fully saturated rings. The van der Waals surface area contributed by atoms with Gasteiger partial charge in [0.05, 0.1) is 5.69 Å². The Bertz CT molecular complexity index is 2260. The highest BCUT2D eigenvalue weighted by Crippen LogP contribution is 2.38. The van der Waals surface area contributed by atoms with Gasteiger partial charge in [0, 0.05) is 36.6 Å². The summed E-state index contributed by atoms with van der Waals surface area (Å²) in [5.41, 5.74) is 5.09. The topological polar surface area (TPSA) is 100 Å². The molecule has 260 valence electrons. The fourth-order valence-electron chi connectivity index (χ4n) is 5.20. The van der Waals surface area contributed by atoms with Crippen molar-refractivity contribution < 1.29 is 14.4 Å². The summed E-state index contributed by atoms with van der Waals surface area (Å²) in [6, 6.07) is 38.2. The number of rotatable bonds is 11. The van der Waals surface area contributed by atoms with E-state index in [1.54, 1.807) is 66.7 Å². The molecule has 0 saturated heterocycles. The summed E-state index contributed by atoms with van der Waals surface area (Å²) < 4.78 is 0. The third-order valence-electron chi connectivity index (χ3n) is 7.83. The van der Waals surface area contributed by atoms with E-state index in [4.69, 9.17) is 28.2 Å². The van der Waals surface area contributed by atoms with Crippen molar-refractivity contribution in [1.29, 1.82) is 0 Å². The number of aromatic nitrogens is 1. The minimum atomic E-state index is -0.633. The van der Waals surface area contributed by atoms with Gasteiger partial charge in [-0.15, -0.1) is 23.1 Å². The monoisotopic (exact) mass is 762 g/mol. The van der Waals surface area contributed by atoms with Crippen LogP contribution in [0.1, 0.15) is 37.2 Å². The average molecular weight is 764 g/mol. The number of thioether (sulfide) groups is 1. The molecular formula is C41H32Cl2N4O3S2. The fraction of sp³-hybridized carbons (Fsp3) is 0.0732. The molecule has 0 saturated carbocycles. The van der Waals surface area contributed by atoms with Crippen LogP contribution in [0.15, 0.2) is 138 Å². The Balaban J connectivity index is 1.23. The van der Waals surface area contributed by atoms with Crippen LogP contribution in [-0.2, 0) is 9.59 Å². The number of aryl methyl sites for hydroxylation is 2. The lowest BCUT2D eigenvalue weighted by molar-refractivity contribution is -0.116. The second-order valence-corrected chi connectivity index (χ2v) is 14.9. The van der Waals surface area contributed by atoms with Gasteiger partial charge in [-0.2, -0.15) is 0 Å². The largest absolute Gasteiger partial charge is 0.321 e. The fourth-order valence-corrected chi connectivity index (χ4v) is 7.58. The minimum Gasteiger partial charge on any atom is -0.321 e. The van der Waals surface area contributed by atoms with Crippen LogP contribution < -0.4 is 16.0 Å². The molecule has 1 atom stereocenters. The Morgan fingerprint density at radius 3 is 2.21 bits per heavy atom. The Morgan fingerprint density at radius 1 is 0.788 bits per heavy atom. The van der Waals surface area contributed by atoms with Crippen LogP contribution >= 0.6 is 46.3 Å².